The van der Waals surface area contributed by atoms with Crippen LogP contribution in [-0.4, -0.2) is 51.5 Å². The summed E-state index contributed by atoms with van der Waals surface area (Å²) in [5.74, 6) is 0.286. The van der Waals surface area contributed by atoms with Gasteiger partial charge in [-0.3, -0.25) is 4.79 Å². The van der Waals surface area contributed by atoms with Gasteiger partial charge in [-0.1, -0.05) is 33.3 Å². The van der Waals surface area contributed by atoms with Crippen LogP contribution in [0.15, 0.2) is 53.7 Å². The normalized spacial score (nSPS) is 15.4. The van der Waals surface area contributed by atoms with Crippen LogP contribution >= 0.6 is 0 Å². The molecule has 3 heterocycles. The first-order valence-electron chi connectivity index (χ1n) is 11.0. The zero-order valence-electron chi connectivity index (χ0n) is 19.0. The highest BCUT2D eigenvalue weighted by atomic mass is 32.2. The molecule has 1 saturated heterocycles. The summed E-state index contributed by atoms with van der Waals surface area (Å²) < 4.78 is 29.0. The number of sulfonamides is 1. The third-order valence-electron chi connectivity index (χ3n) is 5.51. The van der Waals surface area contributed by atoms with Crippen LogP contribution in [0.1, 0.15) is 56.1 Å². The van der Waals surface area contributed by atoms with Crippen molar-refractivity contribution in [2.75, 3.05) is 18.4 Å². The molecule has 2 aromatic heterocycles. The van der Waals surface area contributed by atoms with Crippen LogP contribution in [0.4, 0.5) is 5.82 Å². The number of amides is 1. The molecular weight excluding hydrogens is 440 g/mol. The number of hydrogen-bond acceptors (Lipinski definition) is 6. The number of carbonyl (C=O) groups is 1. The fraction of sp³-hybridized carbons (Fsp3) is 0.391. The molecule has 0 aliphatic carbocycles. The highest BCUT2D eigenvalue weighted by Crippen LogP contribution is 2.26. The molecule has 10 heteroatoms. The molecule has 0 saturated carbocycles. The van der Waals surface area contributed by atoms with Crippen molar-refractivity contribution in [1.29, 1.82) is 0 Å². The lowest BCUT2D eigenvalue weighted by molar-refractivity contribution is 0.102. The van der Waals surface area contributed by atoms with E-state index < -0.39 is 15.9 Å². The highest BCUT2D eigenvalue weighted by Gasteiger charge is 2.27. The zero-order valence-corrected chi connectivity index (χ0v) is 19.8. The van der Waals surface area contributed by atoms with Crippen LogP contribution in [0, 0.1) is 0 Å². The van der Waals surface area contributed by atoms with Gasteiger partial charge in [0.2, 0.25) is 10.0 Å². The standard InChI is InChI=1S/C23H28N6O3S/c1-23(2,3)19-16-20(29(27-19)22-24-11-8-12-25-22)26-21(30)17-9-7-10-18(15-17)33(31,32)28-13-5-4-6-14-28/h7-12,15-16H,4-6,13-14H2,1-3H3,(H,26,30). The molecule has 4 rings (SSSR count). The van der Waals surface area contributed by atoms with E-state index in [0.717, 1.165) is 25.0 Å². The Bertz CT molecular complexity index is 1240. The van der Waals surface area contributed by atoms with E-state index in [0.29, 0.717) is 24.9 Å². The number of anilines is 1. The Labute approximate surface area is 193 Å². The lowest BCUT2D eigenvalue weighted by Crippen LogP contribution is -2.35. The van der Waals surface area contributed by atoms with Crippen molar-refractivity contribution >= 4 is 21.7 Å². The fourth-order valence-electron chi connectivity index (χ4n) is 3.63. The average molecular weight is 469 g/mol. The first-order valence-corrected chi connectivity index (χ1v) is 12.4. The molecule has 1 aliphatic heterocycles. The van der Waals surface area contributed by atoms with Crippen molar-refractivity contribution in [3.63, 3.8) is 0 Å². The monoisotopic (exact) mass is 468 g/mol. The molecule has 0 spiro atoms. The molecule has 33 heavy (non-hydrogen) atoms. The molecule has 3 aromatic rings. The molecule has 1 fully saturated rings. The number of aromatic nitrogens is 4. The van der Waals surface area contributed by atoms with Crippen LogP contribution in [0.2, 0.25) is 0 Å². The number of benzene rings is 1. The lowest BCUT2D eigenvalue weighted by Gasteiger charge is -2.26. The number of carbonyl (C=O) groups excluding carboxylic acids is 1. The molecule has 1 amide bonds. The predicted octanol–water partition coefficient (Wildman–Crippen LogP) is 3.39. The van der Waals surface area contributed by atoms with Gasteiger partial charge in [-0.05, 0) is 37.1 Å². The molecular formula is C23H28N6O3S. The maximum atomic E-state index is 13.1. The van der Waals surface area contributed by atoms with Gasteiger partial charge in [0.25, 0.3) is 11.9 Å². The summed E-state index contributed by atoms with van der Waals surface area (Å²) in [7, 11) is -3.64. The second-order valence-electron chi connectivity index (χ2n) is 9.07. The van der Waals surface area contributed by atoms with Crippen molar-refractivity contribution < 1.29 is 13.2 Å². The van der Waals surface area contributed by atoms with E-state index >= 15 is 0 Å². The summed E-state index contributed by atoms with van der Waals surface area (Å²) in [6.07, 6.45) is 5.93. The third-order valence-corrected chi connectivity index (χ3v) is 7.40. The van der Waals surface area contributed by atoms with Gasteiger partial charge in [0.05, 0.1) is 10.6 Å². The lowest BCUT2D eigenvalue weighted by atomic mass is 9.92. The van der Waals surface area contributed by atoms with Gasteiger partial charge >= 0.3 is 0 Å². The molecule has 0 radical (unpaired) electrons. The summed E-state index contributed by atoms with van der Waals surface area (Å²) in [4.78, 5) is 21.7. The highest BCUT2D eigenvalue weighted by molar-refractivity contribution is 7.89. The number of rotatable bonds is 5. The van der Waals surface area contributed by atoms with Crippen LogP contribution in [0.25, 0.3) is 5.95 Å². The Kier molecular flexibility index (Phi) is 6.31. The zero-order chi connectivity index (χ0) is 23.6. The van der Waals surface area contributed by atoms with Crippen molar-refractivity contribution in [3.8, 4) is 5.95 Å². The van der Waals surface area contributed by atoms with Crippen molar-refractivity contribution in [2.45, 2.75) is 50.3 Å². The Morgan fingerprint density at radius 2 is 1.70 bits per heavy atom. The van der Waals surface area contributed by atoms with E-state index in [1.165, 1.54) is 21.1 Å². The molecule has 0 atom stereocenters. The fourth-order valence-corrected chi connectivity index (χ4v) is 5.19. The molecule has 0 unspecified atom stereocenters. The summed E-state index contributed by atoms with van der Waals surface area (Å²) >= 11 is 0. The smallest absolute Gasteiger partial charge is 0.256 e. The first kappa shape index (κ1) is 23.1. The number of nitrogens with zero attached hydrogens (tertiary/aromatic N) is 5. The minimum absolute atomic E-state index is 0.118. The molecule has 1 N–H and O–H groups in total. The summed E-state index contributed by atoms with van der Waals surface area (Å²) in [6.45, 7) is 7.07. The van der Waals surface area contributed by atoms with Crippen molar-refractivity contribution in [3.05, 3.63) is 60.0 Å². The second kappa shape index (κ2) is 9.03. The van der Waals surface area contributed by atoms with Gasteiger partial charge in [0.1, 0.15) is 5.82 Å². The molecule has 174 valence electrons. The Morgan fingerprint density at radius 3 is 2.36 bits per heavy atom. The van der Waals surface area contributed by atoms with E-state index in [2.05, 4.69) is 20.4 Å². The van der Waals surface area contributed by atoms with Crippen molar-refractivity contribution in [2.24, 2.45) is 0 Å². The van der Waals surface area contributed by atoms with E-state index in [4.69, 9.17) is 0 Å². The Balaban J connectivity index is 1.64. The van der Waals surface area contributed by atoms with Gasteiger partial charge in [0, 0.05) is 42.5 Å². The van der Waals surface area contributed by atoms with Crippen LogP contribution < -0.4 is 5.32 Å². The van der Waals surface area contributed by atoms with Crippen LogP contribution in [-0.2, 0) is 15.4 Å². The summed E-state index contributed by atoms with van der Waals surface area (Å²) in [5, 5.41) is 7.44. The van der Waals surface area contributed by atoms with E-state index in [-0.39, 0.29) is 15.9 Å². The minimum Gasteiger partial charge on any atom is -0.306 e. The SMILES string of the molecule is CC(C)(C)c1cc(NC(=O)c2cccc(S(=O)(=O)N3CCCCC3)c2)n(-c2ncccn2)n1. The maximum absolute atomic E-state index is 13.1. The minimum atomic E-state index is -3.64. The third kappa shape index (κ3) is 4.96. The summed E-state index contributed by atoms with van der Waals surface area (Å²) in [5.41, 5.74) is 0.737. The Hall–Kier alpha value is -3.11. The number of nitrogens with one attached hydrogen (secondary N) is 1. The van der Waals surface area contributed by atoms with Crippen LogP contribution in [0.3, 0.4) is 0 Å². The maximum Gasteiger partial charge on any atom is 0.256 e. The van der Waals surface area contributed by atoms with Gasteiger partial charge in [-0.15, -0.1) is 0 Å². The molecule has 1 aliphatic rings. The van der Waals surface area contributed by atoms with Gasteiger partial charge < -0.3 is 5.32 Å². The molecule has 0 bridgehead atoms. The molecule has 9 nitrogen and oxygen atoms in total. The quantitative estimate of drug-likeness (QED) is 0.615. The van der Waals surface area contributed by atoms with Gasteiger partial charge in [0.15, 0.2) is 0 Å². The first-order chi connectivity index (χ1) is 15.7. The topological polar surface area (TPSA) is 110 Å². The van der Waals surface area contributed by atoms with Gasteiger partial charge in [-0.25, -0.2) is 18.4 Å². The summed E-state index contributed by atoms with van der Waals surface area (Å²) in [6, 6.07) is 9.61. The second-order valence-corrected chi connectivity index (χ2v) is 11.0. The van der Waals surface area contributed by atoms with Gasteiger partial charge in [-0.2, -0.15) is 14.1 Å². The van der Waals surface area contributed by atoms with Crippen LogP contribution in [0.5, 0.6) is 0 Å². The average Bonchev–Trinajstić information content (AvgIpc) is 3.25. The van der Waals surface area contributed by atoms with E-state index in [1.807, 2.05) is 20.8 Å². The van der Waals surface area contributed by atoms with Crippen molar-refractivity contribution in [1.82, 2.24) is 24.1 Å². The van der Waals surface area contributed by atoms with E-state index in [1.54, 1.807) is 36.7 Å². The van der Waals surface area contributed by atoms with E-state index in [9.17, 15) is 13.2 Å². The Morgan fingerprint density at radius 1 is 1.00 bits per heavy atom. The largest absolute Gasteiger partial charge is 0.306 e. The predicted molar refractivity (Wildman–Crippen MR) is 125 cm³/mol. The number of hydrogen-bond donors (Lipinski definition) is 1. The number of piperidine rings is 1. The molecule has 1 aromatic carbocycles.